The summed E-state index contributed by atoms with van der Waals surface area (Å²) in [6, 6.07) is 0.228. The Morgan fingerprint density at radius 2 is 1.61 bits per heavy atom. The summed E-state index contributed by atoms with van der Waals surface area (Å²) >= 11 is 0. The van der Waals surface area contributed by atoms with E-state index in [4.69, 9.17) is 14.2 Å². The summed E-state index contributed by atoms with van der Waals surface area (Å²) in [5, 5.41) is 0. The van der Waals surface area contributed by atoms with Crippen molar-refractivity contribution in [3.8, 4) is 0 Å². The standard InChI is InChI=1S/C14H29BO3/c1-9-11(18-14(5,6)7)10(17-12(9)15)8-16-13(2,3)4/h9-12H,8,15H2,1-7H3/t9-,10-,11+,12-/m1/s1. The van der Waals surface area contributed by atoms with Gasteiger partial charge in [-0.3, -0.25) is 0 Å². The minimum absolute atomic E-state index is 0.0356. The van der Waals surface area contributed by atoms with E-state index in [2.05, 4.69) is 56.3 Å². The summed E-state index contributed by atoms with van der Waals surface area (Å²) in [7, 11) is 2.11. The third kappa shape index (κ3) is 4.91. The molecule has 0 unspecified atom stereocenters. The lowest BCUT2D eigenvalue weighted by atomic mass is 9.86. The van der Waals surface area contributed by atoms with E-state index >= 15 is 0 Å². The largest absolute Gasteiger partial charge is 0.379 e. The van der Waals surface area contributed by atoms with Crippen LogP contribution in [0.25, 0.3) is 0 Å². The van der Waals surface area contributed by atoms with E-state index in [1.807, 2.05) is 0 Å². The Hall–Kier alpha value is -0.0551. The summed E-state index contributed by atoms with van der Waals surface area (Å²) in [6.07, 6.45) is 0.149. The van der Waals surface area contributed by atoms with Crippen LogP contribution in [0.4, 0.5) is 0 Å². The molecule has 0 aliphatic carbocycles. The van der Waals surface area contributed by atoms with Crippen LogP contribution in [0.2, 0.25) is 0 Å². The number of hydrogen-bond donors (Lipinski definition) is 0. The van der Waals surface area contributed by atoms with Crippen LogP contribution in [0.5, 0.6) is 0 Å². The third-order valence-corrected chi connectivity index (χ3v) is 3.18. The molecule has 106 valence electrons. The molecule has 0 aromatic heterocycles. The molecular formula is C14H29BO3. The molecule has 1 heterocycles. The molecule has 1 aliphatic heterocycles. The van der Waals surface area contributed by atoms with E-state index in [0.717, 1.165) is 0 Å². The molecule has 1 rings (SSSR count). The molecule has 1 aliphatic rings. The minimum atomic E-state index is -0.146. The number of ether oxygens (including phenoxy) is 3. The topological polar surface area (TPSA) is 27.7 Å². The van der Waals surface area contributed by atoms with Crippen LogP contribution in [0.1, 0.15) is 48.5 Å². The molecule has 18 heavy (non-hydrogen) atoms. The van der Waals surface area contributed by atoms with Crippen LogP contribution in [-0.2, 0) is 14.2 Å². The molecule has 1 fully saturated rings. The van der Waals surface area contributed by atoms with Crippen molar-refractivity contribution >= 4 is 7.85 Å². The molecule has 0 radical (unpaired) electrons. The maximum absolute atomic E-state index is 6.15. The van der Waals surface area contributed by atoms with Gasteiger partial charge < -0.3 is 14.2 Å². The van der Waals surface area contributed by atoms with Gasteiger partial charge >= 0.3 is 0 Å². The fraction of sp³-hybridized carbons (Fsp3) is 1.00. The van der Waals surface area contributed by atoms with Gasteiger partial charge in [-0.2, -0.15) is 0 Å². The zero-order chi connectivity index (χ0) is 14.1. The van der Waals surface area contributed by atoms with Crippen molar-refractivity contribution in [3.63, 3.8) is 0 Å². The highest BCUT2D eigenvalue weighted by Crippen LogP contribution is 2.31. The van der Waals surface area contributed by atoms with Gasteiger partial charge in [0.25, 0.3) is 0 Å². The molecule has 0 aromatic rings. The van der Waals surface area contributed by atoms with Gasteiger partial charge in [0.1, 0.15) is 14.0 Å². The van der Waals surface area contributed by atoms with Crippen molar-refractivity contribution in [1.82, 2.24) is 0 Å². The van der Waals surface area contributed by atoms with E-state index in [1.165, 1.54) is 0 Å². The monoisotopic (exact) mass is 256 g/mol. The molecule has 4 heteroatoms. The first-order chi connectivity index (χ1) is 7.99. The maximum atomic E-state index is 6.15. The van der Waals surface area contributed by atoms with Gasteiger partial charge in [-0.1, -0.05) is 6.92 Å². The van der Waals surface area contributed by atoms with Crippen molar-refractivity contribution in [2.75, 3.05) is 6.61 Å². The first-order valence-corrected chi connectivity index (χ1v) is 6.97. The smallest absolute Gasteiger partial charge is 0.139 e. The summed E-state index contributed by atoms with van der Waals surface area (Å²) in [6.45, 7) is 15.2. The first kappa shape index (κ1) is 16.0. The van der Waals surface area contributed by atoms with E-state index in [0.29, 0.717) is 12.5 Å². The average Bonchev–Trinajstić information content (AvgIpc) is 2.39. The van der Waals surface area contributed by atoms with E-state index in [-0.39, 0.29) is 29.4 Å². The number of hydrogen-bond acceptors (Lipinski definition) is 3. The first-order valence-electron chi connectivity index (χ1n) is 6.97. The Kier molecular flexibility index (Phi) is 4.90. The molecule has 0 amide bonds. The summed E-state index contributed by atoms with van der Waals surface area (Å²) in [5.41, 5.74) is -0.281. The zero-order valence-electron chi connectivity index (χ0n) is 13.2. The van der Waals surface area contributed by atoms with Crippen molar-refractivity contribution in [2.45, 2.75) is 77.9 Å². The van der Waals surface area contributed by atoms with Gasteiger partial charge in [0.05, 0.1) is 23.9 Å². The van der Waals surface area contributed by atoms with Crippen LogP contribution in [0.15, 0.2) is 0 Å². The normalized spacial score (nSPS) is 33.9. The second-order valence-electron chi connectivity index (χ2n) is 7.36. The zero-order valence-corrected chi connectivity index (χ0v) is 13.2. The molecule has 1 saturated heterocycles. The Morgan fingerprint density at radius 1 is 1.06 bits per heavy atom. The molecule has 0 N–H and O–H groups in total. The van der Waals surface area contributed by atoms with Crippen molar-refractivity contribution < 1.29 is 14.2 Å². The van der Waals surface area contributed by atoms with E-state index in [1.54, 1.807) is 0 Å². The fourth-order valence-electron chi connectivity index (χ4n) is 2.14. The van der Waals surface area contributed by atoms with Crippen LogP contribution in [0, 0.1) is 5.92 Å². The molecule has 3 nitrogen and oxygen atoms in total. The Labute approximate surface area is 113 Å². The molecule has 0 aromatic carbocycles. The molecule has 0 spiro atoms. The molecular weight excluding hydrogens is 227 g/mol. The Balaban J connectivity index is 2.64. The highest BCUT2D eigenvalue weighted by atomic mass is 16.6. The van der Waals surface area contributed by atoms with Gasteiger partial charge in [0.2, 0.25) is 0 Å². The van der Waals surface area contributed by atoms with Crippen LogP contribution < -0.4 is 0 Å². The Morgan fingerprint density at radius 3 is 2.06 bits per heavy atom. The highest BCUT2D eigenvalue weighted by molar-refractivity contribution is 6.11. The van der Waals surface area contributed by atoms with Crippen molar-refractivity contribution in [3.05, 3.63) is 0 Å². The molecule has 4 atom stereocenters. The van der Waals surface area contributed by atoms with Crippen LogP contribution in [-0.4, -0.2) is 43.9 Å². The SMILES string of the molecule is B[C@@H]1O[C@H](COC(C)(C)C)[C@@H](OC(C)(C)C)[C@H]1C. The van der Waals surface area contributed by atoms with E-state index < -0.39 is 0 Å². The molecule has 0 saturated carbocycles. The van der Waals surface area contributed by atoms with Crippen molar-refractivity contribution in [2.24, 2.45) is 5.92 Å². The number of rotatable bonds is 3. The minimum Gasteiger partial charge on any atom is -0.379 e. The van der Waals surface area contributed by atoms with Gasteiger partial charge in [-0.25, -0.2) is 0 Å². The second-order valence-corrected chi connectivity index (χ2v) is 7.36. The van der Waals surface area contributed by atoms with Crippen molar-refractivity contribution in [1.29, 1.82) is 0 Å². The van der Waals surface area contributed by atoms with Gasteiger partial charge in [0, 0.05) is 11.9 Å². The average molecular weight is 256 g/mol. The lowest BCUT2D eigenvalue weighted by molar-refractivity contribution is -0.129. The highest BCUT2D eigenvalue weighted by Gasteiger charge is 2.42. The Bertz CT molecular complexity index is 267. The molecule has 0 bridgehead atoms. The van der Waals surface area contributed by atoms with Crippen LogP contribution >= 0.6 is 0 Å². The quantitative estimate of drug-likeness (QED) is 0.723. The van der Waals surface area contributed by atoms with Gasteiger partial charge in [-0.15, -0.1) is 0 Å². The summed E-state index contributed by atoms with van der Waals surface area (Å²) in [4.78, 5) is 0. The second kappa shape index (κ2) is 5.52. The predicted molar refractivity (Wildman–Crippen MR) is 76.7 cm³/mol. The third-order valence-electron chi connectivity index (χ3n) is 3.18. The predicted octanol–water partition coefficient (Wildman–Crippen LogP) is 1.98. The fourth-order valence-corrected chi connectivity index (χ4v) is 2.14. The van der Waals surface area contributed by atoms with Gasteiger partial charge in [0.15, 0.2) is 0 Å². The van der Waals surface area contributed by atoms with E-state index in [9.17, 15) is 0 Å². The lowest BCUT2D eigenvalue weighted by Gasteiger charge is -2.31. The maximum Gasteiger partial charge on any atom is 0.139 e. The summed E-state index contributed by atoms with van der Waals surface area (Å²) in [5.74, 6) is 0.401. The lowest BCUT2D eigenvalue weighted by Crippen LogP contribution is -2.40. The van der Waals surface area contributed by atoms with Gasteiger partial charge in [-0.05, 0) is 41.5 Å². The van der Waals surface area contributed by atoms with Crippen LogP contribution in [0.3, 0.4) is 0 Å². The summed E-state index contributed by atoms with van der Waals surface area (Å²) < 4.78 is 18.0.